The maximum atomic E-state index is 12.3. The van der Waals surface area contributed by atoms with Gasteiger partial charge in [-0.05, 0) is 18.9 Å². The van der Waals surface area contributed by atoms with Gasteiger partial charge in [0.2, 0.25) is 5.88 Å². The van der Waals surface area contributed by atoms with Gasteiger partial charge in [0.1, 0.15) is 0 Å². The van der Waals surface area contributed by atoms with Crippen molar-refractivity contribution in [2.24, 2.45) is 5.92 Å². The lowest BCUT2D eigenvalue weighted by Gasteiger charge is -2.33. The number of aliphatic carboxylic acids is 1. The third-order valence-corrected chi connectivity index (χ3v) is 3.57. The fourth-order valence-corrected chi connectivity index (χ4v) is 1.82. The highest BCUT2D eigenvalue weighted by molar-refractivity contribution is 5.95. The molecule has 0 aliphatic carbocycles. The first-order valence-electron chi connectivity index (χ1n) is 7.13. The van der Waals surface area contributed by atoms with E-state index in [-0.39, 0.29) is 23.8 Å². The summed E-state index contributed by atoms with van der Waals surface area (Å²) in [6.45, 7) is 3.58. The van der Waals surface area contributed by atoms with E-state index in [4.69, 9.17) is 5.11 Å². The summed E-state index contributed by atoms with van der Waals surface area (Å²) in [6.07, 6.45) is -3.67. The van der Waals surface area contributed by atoms with E-state index in [9.17, 15) is 22.8 Å². The van der Waals surface area contributed by atoms with E-state index in [0.29, 0.717) is 0 Å². The molecule has 0 bridgehead atoms. The number of pyridine rings is 1. The molecule has 1 heterocycles. The predicted molar refractivity (Wildman–Crippen MR) is 78.7 cm³/mol. The molecule has 0 saturated carbocycles. The van der Waals surface area contributed by atoms with Gasteiger partial charge in [-0.15, -0.1) is 0 Å². The van der Waals surface area contributed by atoms with Crippen molar-refractivity contribution in [2.45, 2.75) is 38.9 Å². The molecule has 134 valence electrons. The zero-order valence-electron chi connectivity index (χ0n) is 13.5. The number of aromatic nitrogens is 1. The van der Waals surface area contributed by atoms with Gasteiger partial charge in [0.05, 0.1) is 12.0 Å². The van der Waals surface area contributed by atoms with E-state index in [1.165, 1.54) is 6.07 Å². The van der Waals surface area contributed by atoms with Crippen molar-refractivity contribution >= 4 is 11.9 Å². The van der Waals surface area contributed by atoms with E-state index in [1.54, 1.807) is 20.8 Å². The maximum Gasteiger partial charge on any atom is 0.422 e. The number of ether oxygens (including phenoxy) is 1. The molecule has 1 aromatic rings. The molecule has 0 spiro atoms. The first-order chi connectivity index (χ1) is 10.9. The normalized spacial score (nSPS) is 14.1. The lowest BCUT2D eigenvalue weighted by molar-refractivity contribution is -0.154. The van der Waals surface area contributed by atoms with Gasteiger partial charge in [0.15, 0.2) is 6.61 Å². The SMILES string of the molecule is CC(C)C(C)(CC(=O)O)NC(=O)c1ccnc(OCC(F)(F)F)c1. The van der Waals surface area contributed by atoms with Gasteiger partial charge in [0, 0.05) is 17.8 Å². The summed E-state index contributed by atoms with van der Waals surface area (Å²) in [5.41, 5.74) is -0.987. The number of carbonyl (C=O) groups is 2. The molecule has 0 saturated heterocycles. The maximum absolute atomic E-state index is 12.3. The van der Waals surface area contributed by atoms with Crippen molar-refractivity contribution in [2.75, 3.05) is 6.61 Å². The average molecular weight is 348 g/mol. The second-order valence-corrected chi connectivity index (χ2v) is 5.88. The van der Waals surface area contributed by atoms with Crippen LogP contribution >= 0.6 is 0 Å². The smallest absolute Gasteiger partial charge is 0.422 e. The van der Waals surface area contributed by atoms with Crippen LogP contribution in [0.15, 0.2) is 18.3 Å². The topological polar surface area (TPSA) is 88.5 Å². The second-order valence-electron chi connectivity index (χ2n) is 5.88. The van der Waals surface area contributed by atoms with Crippen LogP contribution in [0.5, 0.6) is 5.88 Å². The van der Waals surface area contributed by atoms with Crippen molar-refractivity contribution < 1.29 is 32.6 Å². The number of nitrogens with one attached hydrogen (secondary N) is 1. The Morgan fingerprint density at radius 1 is 1.38 bits per heavy atom. The summed E-state index contributed by atoms with van der Waals surface area (Å²) in [5.74, 6) is -2.22. The molecule has 1 aromatic heterocycles. The molecule has 6 nitrogen and oxygen atoms in total. The predicted octanol–water partition coefficient (Wildman–Crippen LogP) is 2.64. The first-order valence-corrected chi connectivity index (χ1v) is 7.13. The number of hydrogen-bond acceptors (Lipinski definition) is 4. The molecule has 0 aliphatic heterocycles. The van der Waals surface area contributed by atoms with E-state index >= 15 is 0 Å². The van der Waals surface area contributed by atoms with Gasteiger partial charge >= 0.3 is 12.1 Å². The Kier molecular flexibility index (Phi) is 6.16. The van der Waals surface area contributed by atoms with Crippen molar-refractivity contribution in [1.29, 1.82) is 0 Å². The number of rotatable bonds is 7. The van der Waals surface area contributed by atoms with E-state index in [1.807, 2.05) is 0 Å². The summed E-state index contributed by atoms with van der Waals surface area (Å²) in [5, 5.41) is 11.6. The van der Waals surface area contributed by atoms with Crippen LogP contribution in [0, 0.1) is 5.92 Å². The summed E-state index contributed by atoms with van der Waals surface area (Å²) in [6, 6.07) is 2.37. The quantitative estimate of drug-likeness (QED) is 0.791. The number of halogens is 3. The van der Waals surface area contributed by atoms with Gasteiger partial charge in [-0.3, -0.25) is 9.59 Å². The zero-order chi connectivity index (χ0) is 18.5. The largest absolute Gasteiger partial charge is 0.481 e. The Morgan fingerprint density at radius 2 is 2.00 bits per heavy atom. The third kappa shape index (κ3) is 6.05. The second kappa shape index (κ2) is 7.50. The minimum atomic E-state index is -4.52. The number of carboxylic acid groups (broad SMARTS) is 1. The highest BCUT2D eigenvalue weighted by Gasteiger charge is 2.33. The molecule has 0 aromatic carbocycles. The molecule has 0 fully saturated rings. The molecule has 2 N–H and O–H groups in total. The molecule has 1 unspecified atom stereocenters. The van der Waals surface area contributed by atoms with Crippen molar-refractivity contribution in [1.82, 2.24) is 10.3 Å². The Hall–Kier alpha value is -2.32. The van der Waals surface area contributed by atoms with Crippen molar-refractivity contribution in [3.05, 3.63) is 23.9 Å². The number of carbonyl (C=O) groups excluding carboxylic acids is 1. The number of carboxylic acids is 1. The zero-order valence-corrected chi connectivity index (χ0v) is 13.5. The Morgan fingerprint density at radius 3 is 2.50 bits per heavy atom. The monoisotopic (exact) mass is 348 g/mol. The molecular formula is C15H19F3N2O4. The van der Waals surface area contributed by atoms with Crippen LogP contribution in [-0.2, 0) is 4.79 Å². The number of alkyl halides is 3. The van der Waals surface area contributed by atoms with E-state index < -0.39 is 30.2 Å². The Bertz CT molecular complexity index is 605. The highest BCUT2D eigenvalue weighted by Crippen LogP contribution is 2.22. The van der Waals surface area contributed by atoms with Gasteiger partial charge in [-0.2, -0.15) is 13.2 Å². The fourth-order valence-electron chi connectivity index (χ4n) is 1.82. The van der Waals surface area contributed by atoms with Crippen LogP contribution in [0.1, 0.15) is 37.6 Å². The van der Waals surface area contributed by atoms with E-state index in [0.717, 1.165) is 12.3 Å². The van der Waals surface area contributed by atoms with Gasteiger partial charge in [-0.1, -0.05) is 13.8 Å². The molecule has 9 heteroatoms. The van der Waals surface area contributed by atoms with Gasteiger partial charge < -0.3 is 15.2 Å². The third-order valence-electron chi connectivity index (χ3n) is 3.57. The Labute approximate surface area is 137 Å². The summed E-state index contributed by atoms with van der Waals surface area (Å²) < 4.78 is 40.9. The van der Waals surface area contributed by atoms with Crippen LogP contribution in [0.4, 0.5) is 13.2 Å². The summed E-state index contributed by atoms with van der Waals surface area (Å²) in [4.78, 5) is 26.9. The molecule has 1 amide bonds. The number of nitrogens with zero attached hydrogens (tertiary/aromatic N) is 1. The van der Waals surface area contributed by atoms with Crippen LogP contribution in [0.2, 0.25) is 0 Å². The van der Waals surface area contributed by atoms with Crippen LogP contribution < -0.4 is 10.1 Å². The Balaban J connectivity index is 2.89. The lowest BCUT2D eigenvalue weighted by atomic mass is 9.85. The van der Waals surface area contributed by atoms with E-state index in [2.05, 4.69) is 15.0 Å². The molecule has 0 radical (unpaired) electrons. The molecule has 1 rings (SSSR count). The summed E-state index contributed by atoms with van der Waals surface area (Å²) >= 11 is 0. The van der Waals surface area contributed by atoms with Crippen LogP contribution in [-0.4, -0.2) is 40.3 Å². The standard InChI is InChI=1S/C15H19F3N2O4/c1-9(2)14(3,7-12(21)22)20-13(23)10-4-5-19-11(6-10)24-8-15(16,17)18/h4-6,9H,7-8H2,1-3H3,(H,20,23)(H,21,22). The number of amides is 1. The minimum absolute atomic E-state index is 0.0273. The fraction of sp³-hybridized carbons (Fsp3) is 0.533. The highest BCUT2D eigenvalue weighted by atomic mass is 19.4. The summed E-state index contributed by atoms with van der Waals surface area (Å²) in [7, 11) is 0. The van der Waals surface area contributed by atoms with Crippen LogP contribution in [0.25, 0.3) is 0 Å². The average Bonchev–Trinajstić information content (AvgIpc) is 2.43. The van der Waals surface area contributed by atoms with Crippen molar-refractivity contribution in [3.63, 3.8) is 0 Å². The van der Waals surface area contributed by atoms with Crippen molar-refractivity contribution in [3.8, 4) is 5.88 Å². The molecule has 24 heavy (non-hydrogen) atoms. The lowest BCUT2D eigenvalue weighted by Crippen LogP contribution is -2.51. The number of hydrogen-bond donors (Lipinski definition) is 2. The van der Waals surface area contributed by atoms with Crippen LogP contribution in [0.3, 0.4) is 0 Å². The molecule has 0 aliphatic rings. The van der Waals surface area contributed by atoms with Gasteiger partial charge in [0.25, 0.3) is 5.91 Å². The first kappa shape index (κ1) is 19.7. The molecule has 1 atom stereocenters. The van der Waals surface area contributed by atoms with Gasteiger partial charge in [-0.25, -0.2) is 4.98 Å². The minimum Gasteiger partial charge on any atom is -0.481 e. The molecular weight excluding hydrogens is 329 g/mol.